The van der Waals surface area contributed by atoms with Crippen LogP contribution in [0.5, 0.6) is 0 Å². The SMILES string of the molecule is Cc1nc(C)c(C(Cc2cc(F)cc(Br)c2)NN)s1. The van der Waals surface area contributed by atoms with Crippen LogP contribution in [-0.4, -0.2) is 4.98 Å². The number of aryl methyl sites for hydroxylation is 2. The molecule has 0 amide bonds. The first kappa shape index (κ1) is 14.6. The van der Waals surface area contributed by atoms with E-state index in [1.54, 1.807) is 11.3 Å². The molecule has 19 heavy (non-hydrogen) atoms. The highest BCUT2D eigenvalue weighted by atomic mass is 79.9. The van der Waals surface area contributed by atoms with Gasteiger partial charge < -0.3 is 0 Å². The highest BCUT2D eigenvalue weighted by Crippen LogP contribution is 2.28. The number of halogens is 2. The Bertz CT molecular complexity index is 565. The van der Waals surface area contributed by atoms with E-state index < -0.39 is 0 Å². The minimum atomic E-state index is -0.252. The van der Waals surface area contributed by atoms with Crippen LogP contribution in [0.1, 0.15) is 27.2 Å². The monoisotopic (exact) mass is 343 g/mol. The molecule has 2 aromatic rings. The lowest BCUT2D eigenvalue weighted by Gasteiger charge is -2.15. The molecular formula is C13H15BrFN3S. The van der Waals surface area contributed by atoms with Gasteiger partial charge in [-0.05, 0) is 44.0 Å². The van der Waals surface area contributed by atoms with E-state index in [1.807, 2.05) is 19.9 Å². The van der Waals surface area contributed by atoms with E-state index in [1.165, 1.54) is 12.1 Å². The van der Waals surface area contributed by atoms with E-state index in [2.05, 4.69) is 26.3 Å². The van der Waals surface area contributed by atoms with E-state index in [9.17, 15) is 4.39 Å². The van der Waals surface area contributed by atoms with Gasteiger partial charge >= 0.3 is 0 Å². The summed E-state index contributed by atoms with van der Waals surface area (Å²) in [4.78, 5) is 5.49. The Kier molecular flexibility index (Phi) is 4.67. The number of hydrazine groups is 1. The number of aromatic nitrogens is 1. The van der Waals surface area contributed by atoms with Crippen molar-refractivity contribution in [2.45, 2.75) is 26.3 Å². The van der Waals surface area contributed by atoms with Gasteiger partial charge in [-0.3, -0.25) is 11.3 Å². The van der Waals surface area contributed by atoms with Crippen molar-refractivity contribution in [1.29, 1.82) is 0 Å². The molecule has 0 bridgehead atoms. The van der Waals surface area contributed by atoms with Gasteiger partial charge in [-0.2, -0.15) is 0 Å². The molecule has 3 nitrogen and oxygen atoms in total. The number of benzene rings is 1. The first-order chi connectivity index (χ1) is 8.99. The summed E-state index contributed by atoms with van der Waals surface area (Å²) < 4.78 is 14.1. The molecule has 0 spiro atoms. The third-order valence-electron chi connectivity index (χ3n) is 2.82. The van der Waals surface area contributed by atoms with Crippen LogP contribution in [-0.2, 0) is 6.42 Å². The summed E-state index contributed by atoms with van der Waals surface area (Å²) in [6, 6.07) is 4.81. The van der Waals surface area contributed by atoms with Gasteiger partial charge in [0.05, 0.1) is 16.7 Å². The number of nitrogens with two attached hydrogens (primary N) is 1. The molecule has 6 heteroatoms. The maximum Gasteiger partial charge on any atom is 0.124 e. The molecule has 1 aromatic heterocycles. The summed E-state index contributed by atoms with van der Waals surface area (Å²) in [5.41, 5.74) is 4.65. The molecule has 0 radical (unpaired) electrons. The normalized spacial score (nSPS) is 12.7. The number of thiazole rings is 1. The maximum absolute atomic E-state index is 13.4. The predicted octanol–water partition coefficient (Wildman–Crippen LogP) is 3.41. The quantitative estimate of drug-likeness (QED) is 0.660. The molecule has 0 saturated carbocycles. The van der Waals surface area contributed by atoms with Crippen LogP contribution in [0.2, 0.25) is 0 Å². The van der Waals surface area contributed by atoms with Gasteiger partial charge in [0.1, 0.15) is 5.82 Å². The molecule has 0 fully saturated rings. The van der Waals surface area contributed by atoms with Gasteiger partial charge in [0.25, 0.3) is 0 Å². The van der Waals surface area contributed by atoms with Gasteiger partial charge in [-0.1, -0.05) is 15.9 Å². The third kappa shape index (κ3) is 3.60. The predicted molar refractivity (Wildman–Crippen MR) is 79.5 cm³/mol. The summed E-state index contributed by atoms with van der Waals surface area (Å²) in [6.07, 6.45) is 0.620. The van der Waals surface area contributed by atoms with Crippen LogP contribution in [0.4, 0.5) is 4.39 Å². The lowest BCUT2D eigenvalue weighted by atomic mass is 10.0. The van der Waals surface area contributed by atoms with E-state index in [0.29, 0.717) is 6.42 Å². The van der Waals surface area contributed by atoms with Gasteiger partial charge in [0, 0.05) is 9.35 Å². The Morgan fingerprint density at radius 1 is 1.42 bits per heavy atom. The van der Waals surface area contributed by atoms with Crippen LogP contribution in [0, 0.1) is 19.7 Å². The molecule has 0 saturated heterocycles. The summed E-state index contributed by atoms with van der Waals surface area (Å²) in [5.74, 6) is 5.38. The minimum absolute atomic E-state index is 0.0556. The molecule has 0 aliphatic rings. The van der Waals surface area contributed by atoms with Crippen LogP contribution in [0.25, 0.3) is 0 Å². The van der Waals surface area contributed by atoms with Gasteiger partial charge in [0.2, 0.25) is 0 Å². The van der Waals surface area contributed by atoms with Crippen molar-refractivity contribution in [3.63, 3.8) is 0 Å². The fraction of sp³-hybridized carbons (Fsp3) is 0.308. The average Bonchev–Trinajstić information content (AvgIpc) is 2.64. The fourth-order valence-electron chi connectivity index (χ4n) is 2.06. The lowest BCUT2D eigenvalue weighted by Crippen LogP contribution is -2.29. The zero-order valence-electron chi connectivity index (χ0n) is 10.7. The summed E-state index contributed by atoms with van der Waals surface area (Å²) in [7, 11) is 0. The average molecular weight is 344 g/mol. The van der Waals surface area contributed by atoms with Gasteiger partial charge in [0.15, 0.2) is 0 Å². The molecule has 1 aromatic carbocycles. The number of nitrogens with one attached hydrogen (secondary N) is 1. The van der Waals surface area contributed by atoms with Crippen molar-refractivity contribution < 1.29 is 4.39 Å². The van der Waals surface area contributed by atoms with Crippen LogP contribution in [0.15, 0.2) is 22.7 Å². The Hall–Kier alpha value is -0.820. The molecule has 1 unspecified atom stereocenters. The molecule has 102 valence electrons. The van der Waals surface area contributed by atoms with Crippen molar-refractivity contribution in [1.82, 2.24) is 10.4 Å². The van der Waals surface area contributed by atoms with Crippen molar-refractivity contribution in [2.75, 3.05) is 0 Å². The molecule has 0 aliphatic carbocycles. The Labute approximate surface area is 124 Å². The van der Waals surface area contributed by atoms with Crippen LogP contribution in [0.3, 0.4) is 0 Å². The molecule has 1 heterocycles. The van der Waals surface area contributed by atoms with Crippen molar-refractivity contribution in [3.8, 4) is 0 Å². The largest absolute Gasteiger partial charge is 0.271 e. The van der Waals surface area contributed by atoms with Crippen molar-refractivity contribution in [2.24, 2.45) is 5.84 Å². The second-order valence-electron chi connectivity index (χ2n) is 4.38. The van der Waals surface area contributed by atoms with Gasteiger partial charge in [-0.25, -0.2) is 9.37 Å². The number of rotatable bonds is 4. The van der Waals surface area contributed by atoms with Crippen LogP contribution >= 0.6 is 27.3 Å². The molecule has 0 aliphatic heterocycles. The Balaban J connectivity index is 2.26. The molecule has 2 rings (SSSR count). The summed E-state index contributed by atoms with van der Waals surface area (Å²) >= 11 is 4.91. The summed E-state index contributed by atoms with van der Waals surface area (Å²) in [6.45, 7) is 3.93. The van der Waals surface area contributed by atoms with E-state index in [4.69, 9.17) is 5.84 Å². The van der Waals surface area contributed by atoms with Crippen molar-refractivity contribution in [3.05, 3.63) is 49.6 Å². The third-order valence-corrected chi connectivity index (χ3v) is 4.46. The molecular weight excluding hydrogens is 329 g/mol. The zero-order valence-corrected chi connectivity index (χ0v) is 13.1. The minimum Gasteiger partial charge on any atom is -0.271 e. The van der Waals surface area contributed by atoms with E-state index in [0.717, 1.165) is 25.6 Å². The number of hydrogen-bond acceptors (Lipinski definition) is 4. The molecule has 3 N–H and O–H groups in total. The fourth-order valence-corrected chi connectivity index (χ4v) is 3.56. The van der Waals surface area contributed by atoms with E-state index >= 15 is 0 Å². The highest BCUT2D eigenvalue weighted by molar-refractivity contribution is 9.10. The standard InChI is InChI=1S/C13H15BrFN3S/c1-7-13(19-8(2)17-7)12(18-16)5-9-3-10(14)6-11(15)4-9/h3-4,6,12,18H,5,16H2,1-2H3. The topological polar surface area (TPSA) is 50.9 Å². The smallest absolute Gasteiger partial charge is 0.124 e. The first-order valence-corrected chi connectivity index (χ1v) is 7.45. The Morgan fingerprint density at radius 2 is 2.16 bits per heavy atom. The zero-order chi connectivity index (χ0) is 14.0. The second kappa shape index (κ2) is 6.09. The highest BCUT2D eigenvalue weighted by Gasteiger charge is 2.17. The number of hydrogen-bond donors (Lipinski definition) is 2. The number of nitrogens with zero attached hydrogens (tertiary/aromatic N) is 1. The van der Waals surface area contributed by atoms with Crippen LogP contribution < -0.4 is 11.3 Å². The summed E-state index contributed by atoms with van der Waals surface area (Å²) in [5, 5.41) is 1.01. The first-order valence-electron chi connectivity index (χ1n) is 5.84. The Morgan fingerprint density at radius 3 is 2.68 bits per heavy atom. The van der Waals surface area contributed by atoms with Crippen molar-refractivity contribution >= 4 is 27.3 Å². The maximum atomic E-state index is 13.4. The second-order valence-corrected chi connectivity index (χ2v) is 6.53. The lowest BCUT2D eigenvalue weighted by molar-refractivity contribution is 0.553. The van der Waals surface area contributed by atoms with E-state index in [-0.39, 0.29) is 11.9 Å². The van der Waals surface area contributed by atoms with Gasteiger partial charge in [-0.15, -0.1) is 11.3 Å². The molecule has 1 atom stereocenters.